The Morgan fingerprint density at radius 3 is 2.42 bits per heavy atom. The molecule has 0 fully saturated rings. The molecule has 1 aliphatic carbocycles. The standard InChI is InChI=1S/C25H19ClF2O3/c26-18-6-9-24(31-14-15-4-7-19(27)8-5-15)23(13-18)22-3-1-2-21(22)16-10-17(25(29)30)12-20(28)11-16/h4-13H,1-3,14H2,(H,29,30). The van der Waals surface area contributed by atoms with Gasteiger partial charge in [0.2, 0.25) is 0 Å². The molecule has 3 aromatic rings. The van der Waals surface area contributed by atoms with Gasteiger partial charge in [0, 0.05) is 10.6 Å². The molecule has 3 aromatic carbocycles. The second kappa shape index (κ2) is 8.90. The van der Waals surface area contributed by atoms with Gasteiger partial charge in [0.1, 0.15) is 24.0 Å². The number of hydrogen-bond acceptors (Lipinski definition) is 2. The van der Waals surface area contributed by atoms with Crippen LogP contribution in [0.5, 0.6) is 5.75 Å². The molecule has 4 rings (SSSR count). The van der Waals surface area contributed by atoms with Gasteiger partial charge in [0.05, 0.1) is 5.56 Å². The van der Waals surface area contributed by atoms with Crippen molar-refractivity contribution in [1.82, 2.24) is 0 Å². The highest BCUT2D eigenvalue weighted by Gasteiger charge is 2.22. The van der Waals surface area contributed by atoms with Crippen LogP contribution in [0.4, 0.5) is 8.78 Å². The van der Waals surface area contributed by atoms with E-state index in [-0.39, 0.29) is 18.0 Å². The first kappa shape index (κ1) is 21.1. The fraction of sp³-hybridized carbons (Fsp3) is 0.160. The van der Waals surface area contributed by atoms with Gasteiger partial charge in [0.25, 0.3) is 0 Å². The van der Waals surface area contributed by atoms with Crippen molar-refractivity contribution >= 4 is 28.7 Å². The summed E-state index contributed by atoms with van der Waals surface area (Å²) in [5.41, 5.74) is 3.92. The number of carbonyl (C=O) groups is 1. The summed E-state index contributed by atoms with van der Waals surface area (Å²) in [6.45, 7) is 0.251. The Kier molecular flexibility index (Phi) is 6.05. The van der Waals surface area contributed by atoms with E-state index >= 15 is 0 Å². The molecule has 0 aliphatic heterocycles. The zero-order valence-electron chi connectivity index (χ0n) is 16.5. The van der Waals surface area contributed by atoms with Crippen LogP contribution in [-0.4, -0.2) is 11.1 Å². The SMILES string of the molecule is O=C(O)c1cc(F)cc(C2=C(c3cc(Cl)ccc3OCc3ccc(F)cc3)CCC2)c1. The minimum absolute atomic E-state index is 0.0902. The molecule has 0 bridgehead atoms. The fourth-order valence-electron chi connectivity index (χ4n) is 3.85. The maximum atomic E-state index is 14.1. The predicted octanol–water partition coefficient (Wildman–Crippen LogP) is 6.99. The van der Waals surface area contributed by atoms with Crippen molar-refractivity contribution in [2.75, 3.05) is 0 Å². The number of halogens is 3. The Morgan fingerprint density at radius 2 is 1.68 bits per heavy atom. The molecule has 0 heterocycles. The first-order valence-electron chi connectivity index (χ1n) is 9.84. The molecule has 158 valence electrons. The summed E-state index contributed by atoms with van der Waals surface area (Å²) in [7, 11) is 0. The van der Waals surface area contributed by atoms with Crippen molar-refractivity contribution in [1.29, 1.82) is 0 Å². The van der Waals surface area contributed by atoms with E-state index in [1.54, 1.807) is 30.3 Å². The van der Waals surface area contributed by atoms with Gasteiger partial charge in [0.15, 0.2) is 0 Å². The number of carboxylic acids is 1. The number of allylic oxidation sites excluding steroid dienone is 2. The average Bonchev–Trinajstić information content (AvgIpc) is 3.23. The van der Waals surface area contributed by atoms with Crippen LogP contribution in [0.3, 0.4) is 0 Å². The van der Waals surface area contributed by atoms with Crippen LogP contribution >= 0.6 is 11.6 Å². The largest absolute Gasteiger partial charge is 0.488 e. The van der Waals surface area contributed by atoms with E-state index in [4.69, 9.17) is 16.3 Å². The maximum absolute atomic E-state index is 14.1. The highest BCUT2D eigenvalue weighted by Crippen LogP contribution is 2.44. The van der Waals surface area contributed by atoms with Crippen molar-refractivity contribution in [3.05, 3.63) is 99.6 Å². The quantitative estimate of drug-likeness (QED) is 0.449. The van der Waals surface area contributed by atoms with Crippen LogP contribution < -0.4 is 4.74 Å². The highest BCUT2D eigenvalue weighted by molar-refractivity contribution is 6.30. The monoisotopic (exact) mass is 440 g/mol. The Bertz CT molecular complexity index is 1170. The number of rotatable bonds is 6. The molecule has 0 spiro atoms. The molecule has 31 heavy (non-hydrogen) atoms. The number of benzene rings is 3. The minimum atomic E-state index is -1.17. The molecule has 3 nitrogen and oxygen atoms in total. The lowest BCUT2D eigenvalue weighted by Crippen LogP contribution is -2.00. The van der Waals surface area contributed by atoms with Crippen LogP contribution in [-0.2, 0) is 6.61 Å². The Hall–Kier alpha value is -3.18. The molecule has 0 unspecified atom stereocenters. The average molecular weight is 441 g/mol. The second-order valence-corrected chi connectivity index (χ2v) is 7.84. The fourth-order valence-corrected chi connectivity index (χ4v) is 4.02. The number of aromatic carboxylic acids is 1. The van der Waals surface area contributed by atoms with Crippen LogP contribution in [0.25, 0.3) is 11.1 Å². The summed E-state index contributed by atoms with van der Waals surface area (Å²) in [6.07, 6.45) is 2.29. The highest BCUT2D eigenvalue weighted by atomic mass is 35.5. The summed E-state index contributed by atoms with van der Waals surface area (Å²) in [6, 6.07) is 15.2. The van der Waals surface area contributed by atoms with Gasteiger partial charge in [-0.15, -0.1) is 0 Å². The van der Waals surface area contributed by atoms with Gasteiger partial charge in [-0.3, -0.25) is 0 Å². The van der Waals surface area contributed by atoms with Crippen molar-refractivity contribution in [2.45, 2.75) is 25.9 Å². The Morgan fingerprint density at radius 1 is 0.935 bits per heavy atom. The number of ether oxygens (including phenoxy) is 1. The normalized spacial score (nSPS) is 13.5. The Balaban J connectivity index is 1.73. The van der Waals surface area contributed by atoms with E-state index in [1.807, 2.05) is 0 Å². The molecule has 0 saturated carbocycles. The molecular weight excluding hydrogens is 422 g/mol. The zero-order chi connectivity index (χ0) is 22.0. The molecule has 0 atom stereocenters. The molecule has 6 heteroatoms. The van der Waals surface area contributed by atoms with Crippen molar-refractivity contribution in [3.8, 4) is 5.75 Å². The summed E-state index contributed by atoms with van der Waals surface area (Å²) in [4.78, 5) is 11.4. The maximum Gasteiger partial charge on any atom is 0.335 e. The summed E-state index contributed by atoms with van der Waals surface area (Å²) < 4.78 is 33.3. The lowest BCUT2D eigenvalue weighted by Gasteiger charge is -2.15. The van der Waals surface area contributed by atoms with Gasteiger partial charge < -0.3 is 9.84 Å². The van der Waals surface area contributed by atoms with E-state index in [2.05, 4.69) is 0 Å². The van der Waals surface area contributed by atoms with E-state index in [0.717, 1.165) is 41.2 Å². The predicted molar refractivity (Wildman–Crippen MR) is 116 cm³/mol. The lowest BCUT2D eigenvalue weighted by molar-refractivity contribution is 0.0696. The number of carboxylic acid groups (broad SMARTS) is 1. The van der Waals surface area contributed by atoms with Crippen molar-refractivity contribution < 1.29 is 23.4 Å². The lowest BCUT2D eigenvalue weighted by atomic mass is 9.95. The third-order valence-electron chi connectivity index (χ3n) is 5.29. The Labute approximate surface area is 183 Å². The zero-order valence-corrected chi connectivity index (χ0v) is 17.3. The van der Waals surface area contributed by atoms with Gasteiger partial charge in [-0.2, -0.15) is 0 Å². The van der Waals surface area contributed by atoms with Gasteiger partial charge >= 0.3 is 5.97 Å². The molecule has 0 amide bonds. The second-order valence-electron chi connectivity index (χ2n) is 7.40. The third-order valence-corrected chi connectivity index (χ3v) is 5.52. The van der Waals surface area contributed by atoms with Crippen molar-refractivity contribution in [2.24, 2.45) is 0 Å². The summed E-state index contributed by atoms with van der Waals surface area (Å²) in [5.74, 6) is -1.47. The topological polar surface area (TPSA) is 46.5 Å². The van der Waals surface area contributed by atoms with E-state index in [1.165, 1.54) is 24.3 Å². The van der Waals surface area contributed by atoms with Crippen LogP contribution in [0.15, 0.2) is 60.7 Å². The van der Waals surface area contributed by atoms with Crippen LogP contribution in [0.2, 0.25) is 5.02 Å². The van der Waals surface area contributed by atoms with Crippen LogP contribution in [0, 0.1) is 11.6 Å². The van der Waals surface area contributed by atoms with E-state index in [9.17, 15) is 18.7 Å². The van der Waals surface area contributed by atoms with Crippen LogP contribution in [0.1, 0.15) is 46.3 Å². The van der Waals surface area contributed by atoms with Gasteiger partial charge in [-0.05, 0) is 90.1 Å². The summed E-state index contributed by atoms with van der Waals surface area (Å²) in [5, 5.41) is 9.83. The minimum Gasteiger partial charge on any atom is -0.488 e. The number of hydrogen-bond donors (Lipinski definition) is 1. The van der Waals surface area contributed by atoms with Gasteiger partial charge in [-0.1, -0.05) is 23.7 Å². The molecule has 1 N–H and O–H groups in total. The molecule has 1 aliphatic rings. The molecule has 0 radical (unpaired) electrons. The molecule has 0 saturated heterocycles. The van der Waals surface area contributed by atoms with E-state index < -0.39 is 11.8 Å². The van der Waals surface area contributed by atoms with E-state index in [0.29, 0.717) is 22.8 Å². The summed E-state index contributed by atoms with van der Waals surface area (Å²) >= 11 is 6.26. The molecule has 0 aromatic heterocycles. The smallest absolute Gasteiger partial charge is 0.335 e. The van der Waals surface area contributed by atoms with Gasteiger partial charge in [-0.25, -0.2) is 13.6 Å². The molecular formula is C25H19ClF2O3. The van der Waals surface area contributed by atoms with Crippen molar-refractivity contribution in [3.63, 3.8) is 0 Å². The third kappa shape index (κ3) is 4.78. The first-order chi connectivity index (χ1) is 14.9. The first-order valence-corrected chi connectivity index (χ1v) is 10.2.